The van der Waals surface area contributed by atoms with Crippen molar-refractivity contribution in [1.29, 1.82) is 0 Å². The van der Waals surface area contributed by atoms with Gasteiger partial charge in [0.1, 0.15) is 6.54 Å². The number of fused-ring (bicyclic) bond motifs is 2. The second kappa shape index (κ2) is 10.00. The van der Waals surface area contributed by atoms with Gasteiger partial charge in [-0.1, -0.05) is 25.0 Å². The molecule has 0 aromatic heterocycles. The van der Waals surface area contributed by atoms with Gasteiger partial charge in [0.15, 0.2) is 11.5 Å². The summed E-state index contributed by atoms with van der Waals surface area (Å²) >= 11 is 0. The van der Waals surface area contributed by atoms with E-state index in [1.54, 1.807) is 42.5 Å². The Morgan fingerprint density at radius 1 is 0.895 bits per heavy atom. The van der Waals surface area contributed by atoms with Crippen LogP contribution in [0, 0.1) is 5.92 Å². The first-order valence-electron chi connectivity index (χ1n) is 13.2. The number of hydrogen-bond donors (Lipinski definition) is 2. The number of rotatable bonds is 7. The molecule has 0 radical (unpaired) electrons. The minimum absolute atomic E-state index is 0.0323. The fourth-order valence-electron chi connectivity index (χ4n) is 5.51. The first kappa shape index (κ1) is 24.3. The normalized spacial score (nSPS) is 22.2. The van der Waals surface area contributed by atoms with Crippen molar-refractivity contribution in [3.8, 4) is 11.5 Å². The molecule has 2 saturated carbocycles. The van der Waals surface area contributed by atoms with Crippen molar-refractivity contribution in [3.05, 3.63) is 48.0 Å². The van der Waals surface area contributed by atoms with Crippen LogP contribution in [0.2, 0.25) is 0 Å². The van der Waals surface area contributed by atoms with Gasteiger partial charge >= 0.3 is 6.03 Å². The SMILES string of the molecule is O=C(CN1C(=O)N(c2ccc(CC(=O)NC3CC3)cc2)C(=O)C2CCCCC21)Nc1ccc2c(c1)OCO2. The second-order valence-electron chi connectivity index (χ2n) is 10.3. The predicted octanol–water partition coefficient (Wildman–Crippen LogP) is 3.20. The van der Waals surface area contributed by atoms with Crippen molar-refractivity contribution in [2.24, 2.45) is 5.92 Å². The Bertz CT molecular complexity index is 1270. The highest BCUT2D eigenvalue weighted by molar-refractivity contribution is 6.17. The molecule has 0 spiro atoms. The Kier molecular flexibility index (Phi) is 6.39. The van der Waals surface area contributed by atoms with Gasteiger partial charge in [0.05, 0.1) is 18.0 Å². The number of amides is 5. The van der Waals surface area contributed by atoms with Crippen molar-refractivity contribution in [2.75, 3.05) is 23.6 Å². The number of carbonyl (C=O) groups excluding carboxylic acids is 4. The van der Waals surface area contributed by atoms with E-state index >= 15 is 0 Å². The summed E-state index contributed by atoms with van der Waals surface area (Å²) in [7, 11) is 0. The van der Waals surface area contributed by atoms with E-state index in [1.807, 2.05) is 0 Å². The van der Waals surface area contributed by atoms with Gasteiger partial charge in [-0.3, -0.25) is 14.4 Å². The lowest BCUT2D eigenvalue weighted by atomic mass is 9.81. The molecule has 10 nitrogen and oxygen atoms in total. The molecule has 6 rings (SSSR count). The standard InChI is InChI=1S/C28H30N4O6/c33-25(29-18-7-8-18)13-17-5-10-20(11-6-17)32-27(35)21-3-1-2-4-22(21)31(28(32)36)15-26(34)30-19-9-12-23-24(14-19)38-16-37-23/h5-6,9-12,14,18,21-22H,1-4,7-8,13,15-16H2,(H,29,33)(H,30,34). The maximum atomic E-state index is 13.7. The largest absolute Gasteiger partial charge is 0.454 e. The molecule has 2 aliphatic carbocycles. The average Bonchev–Trinajstić information content (AvgIpc) is 3.60. The van der Waals surface area contributed by atoms with E-state index in [4.69, 9.17) is 9.47 Å². The zero-order valence-corrected chi connectivity index (χ0v) is 21.0. The first-order chi connectivity index (χ1) is 18.5. The van der Waals surface area contributed by atoms with Crippen molar-refractivity contribution in [2.45, 2.75) is 57.0 Å². The Morgan fingerprint density at radius 3 is 2.45 bits per heavy atom. The van der Waals surface area contributed by atoms with Crippen molar-refractivity contribution >= 4 is 35.1 Å². The third kappa shape index (κ3) is 4.90. The maximum absolute atomic E-state index is 13.7. The lowest BCUT2D eigenvalue weighted by Gasteiger charge is -2.46. The van der Waals surface area contributed by atoms with E-state index in [2.05, 4.69) is 10.6 Å². The van der Waals surface area contributed by atoms with Crippen LogP contribution < -0.4 is 25.0 Å². The number of benzene rings is 2. The van der Waals surface area contributed by atoms with Crippen LogP contribution in [0.25, 0.3) is 0 Å². The molecular weight excluding hydrogens is 488 g/mol. The fraction of sp³-hybridized carbons (Fsp3) is 0.429. The van der Waals surface area contributed by atoms with Crippen LogP contribution in [0.3, 0.4) is 0 Å². The van der Waals surface area contributed by atoms with E-state index in [0.29, 0.717) is 41.8 Å². The van der Waals surface area contributed by atoms with Gasteiger partial charge in [0.2, 0.25) is 24.5 Å². The summed E-state index contributed by atoms with van der Waals surface area (Å²) in [5.74, 6) is 0.190. The number of carbonyl (C=O) groups is 4. The number of hydrogen-bond acceptors (Lipinski definition) is 6. The van der Waals surface area contributed by atoms with E-state index in [1.165, 1.54) is 9.80 Å². The van der Waals surface area contributed by atoms with Crippen molar-refractivity contribution in [1.82, 2.24) is 10.2 Å². The molecule has 4 aliphatic rings. The zero-order chi connectivity index (χ0) is 26.2. The van der Waals surface area contributed by atoms with Crippen LogP contribution in [0.5, 0.6) is 11.5 Å². The smallest absolute Gasteiger partial charge is 0.332 e. The molecule has 2 aliphatic heterocycles. The van der Waals surface area contributed by atoms with Crippen molar-refractivity contribution < 1.29 is 28.7 Å². The van der Waals surface area contributed by atoms with E-state index in [9.17, 15) is 19.2 Å². The molecule has 3 fully saturated rings. The van der Waals surface area contributed by atoms with E-state index < -0.39 is 6.03 Å². The fourth-order valence-corrected chi connectivity index (χ4v) is 5.51. The molecule has 10 heteroatoms. The minimum Gasteiger partial charge on any atom is -0.454 e. The Hall–Kier alpha value is -4.08. The van der Waals surface area contributed by atoms with Gasteiger partial charge in [-0.05, 0) is 55.5 Å². The first-order valence-corrected chi connectivity index (χ1v) is 13.2. The monoisotopic (exact) mass is 518 g/mol. The molecule has 2 N–H and O–H groups in total. The maximum Gasteiger partial charge on any atom is 0.332 e. The van der Waals surface area contributed by atoms with Crippen LogP contribution in [0.15, 0.2) is 42.5 Å². The molecule has 5 amide bonds. The van der Waals surface area contributed by atoms with Gasteiger partial charge in [-0.15, -0.1) is 0 Å². The number of nitrogens with zero attached hydrogens (tertiary/aromatic N) is 2. The predicted molar refractivity (Wildman–Crippen MR) is 138 cm³/mol. The van der Waals surface area contributed by atoms with Crippen LogP contribution in [-0.4, -0.2) is 54.1 Å². The molecular formula is C28H30N4O6. The van der Waals surface area contributed by atoms with Crippen molar-refractivity contribution in [3.63, 3.8) is 0 Å². The summed E-state index contributed by atoms with van der Waals surface area (Å²) in [5.41, 5.74) is 1.79. The summed E-state index contributed by atoms with van der Waals surface area (Å²) in [6, 6.07) is 11.5. The summed E-state index contributed by atoms with van der Waals surface area (Å²) in [5, 5.41) is 5.80. The molecule has 2 aromatic rings. The quantitative estimate of drug-likeness (QED) is 0.581. The molecule has 198 valence electrons. The highest BCUT2D eigenvalue weighted by Gasteiger charge is 2.48. The lowest BCUT2D eigenvalue weighted by molar-refractivity contribution is -0.128. The highest BCUT2D eigenvalue weighted by atomic mass is 16.7. The van der Waals surface area contributed by atoms with Crippen LogP contribution >= 0.6 is 0 Å². The average molecular weight is 519 g/mol. The number of urea groups is 1. The molecule has 2 unspecified atom stereocenters. The van der Waals surface area contributed by atoms with E-state index in [0.717, 1.165) is 31.2 Å². The van der Waals surface area contributed by atoms with Gasteiger partial charge in [-0.2, -0.15) is 0 Å². The Balaban J connectivity index is 1.18. The number of imide groups is 1. The molecule has 2 aromatic carbocycles. The Labute approximate surface area is 220 Å². The van der Waals surface area contributed by atoms with Gasteiger partial charge in [-0.25, -0.2) is 9.69 Å². The molecule has 0 bridgehead atoms. The minimum atomic E-state index is -0.502. The van der Waals surface area contributed by atoms with Gasteiger partial charge in [0.25, 0.3) is 0 Å². The zero-order valence-electron chi connectivity index (χ0n) is 21.0. The van der Waals surface area contributed by atoms with Gasteiger partial charge < -0.3 is 25.0 Å². The molecule has 38 heavy (non-hydrogen) atoms. The number of nitrogens with one attached hydrogen (secondary N) is 2. The highest BCUT2D eigenvalue weighted by Crippen LogP contribution is 2.37. The number of ether oxygens (including phenoxy) is 2. The second-order valence-corrected chi connectivity index (χ2v) is 10.3. The van der Waals surface area contributed by atoms with Gasteiger partial charge in [0, 0.05) is 23.8 Å². The lowest BCUT2D eigenvalue weighted by Crippen LogP contribution is -2.64. The van der Waals surface area contributed by atoms with Crippen LogP contribution in [-0.2, 0) is 20.8 Å². The topological polar surface area (TPSA) is 117 Å². The summed E-state index contributed by atoms with van der Waals surface area (Å²) in [6.45, 7) is -0.0335. The third-order valence-electron chi connectivity index (χ3n) is 7.58. The summed E-state index contributed by atoms with van der Waals surface area (Å²) in [4.78, 5) is 55.1. The Morgan fingerprint density at radius 2 is 1.66 bits per heavy atom. The molecule has 1 saturated heterocycles. The number of anilines is 2. The summed E-state index contributed by atoms with van der Waals surface area (Å²) in [6.07, 6.45) is 5.46. The summed E-state index contributed by atoms with van der Waals surface area (Å²) < 4.78 is 10.7. The third-order valence-corrected chi connectivity index (χ3v) is 7.58. The van der Waals surface area contributed by atoms with E-state index in [-0.39, 0.29) is 49.4 Å². The van der Waals surface area contributed by atoms with Crippen LogP contribution in [0.4, 0.5) is 16.2 Å². The molecule has 2 heterocycles. The molecule has 2 atom stereocenters. The van der Waals surface area contributed by atoms with Crippen LogP contribution in [0.1, 0.15) is 44.1 Å².